The van der Waals surface area contributed by atoms with Gasteiger partial charge in [-0.2, -0.15) is 0 Å². The van der Waals surface area contributed by atoms with Crippen LogP contribution in [0.1, 0.15) is 18.1 Å². The largest absolute Gasteiger partial charge is 0.388 e. The maximum atomic E-state index is 11.7. The summed E-state index contributed by atoms with van der Waals surface area (Å²) in [6, 6.07) is 19.3. The van der Waals surface area contributed by atoms with Crippen molar-refractivity contribution in [2.45, 2.75) is 17.4 Å². The Kier molecular flexibility index (Phi) is 6.31. The molecular formula is C17H19NO2S. The maximum absolute atomic E-state index is 11.7. The van der Waals surface area contributed by atoms with Crippen LogP contribution in [0.4, 0.5) is 0 Å². The zero-order chi connectivity index (χ0) is 14.9. The molecule has 0 bridgehead atoms. The van der Waals surface area contributed by atoms with E-state index in [0.717, 1.165) is 10.5 Å². The molecule has 0 saturated heterocycles. The van der Waals surface area contributed by atoms with Crippen molar-refractivity contribution in [2.24, 2.45) is 0 Å². The van der Waals surface area contributed by atoms with Crippen LogP contribution in [-0.2, 0) is 4.79 Å². The lowest BCUT2D eigenvalue weighted by Crippen LogP contribution is -2.27. The molecule has 3 nitrogen and oxygen atoms in total. The molecule has 110 valence electrons. The number of carbonyl (C=O) groups is 1. The van der Waals surface area contributed by atoms with Crippen LogP contribution in [0.25, 0.3) is 0 Å². The molecule has 2 aromatic carbocycles. The minimum absolute atomic E-state index is 0.0101. The van der Waals surface area contributed by atoms with Gasteiger partial charge < -0.3 is 10.4 Å². The molecule has 0 aliphatic carbocycles. The van der Waals surface area contributed by atoms with E-state index in [-0.39, 0.29) is 5.91 Å². The van der Waals surface area contributed by atoms with Crippen molar-refractivity contribution >= 4 is 17.7 Å². The van der Waals surface area contributed by atoms with Crippen LogP contribution in [0.15, 0.2) is 65.6 Å². The molecule has 0 aliphatic heterocycles. The van der Waals surface area contributed by atoms with E-state index in [4.69, 9.17) is 0 Å². The molecule has 4 heteroatoms. The summed E-state index contributed by atoms with van der Waals surface area (Å²) in [6.07, 6.45) is -0.0144. The van der Waals surface area contributed by atoms with Gasteiger partial charge in [0, 0.05) is 11.4 Å². The number of aliphatic hydroxyl groups excluding tert-OH is 1. The minimum atomic E-state index is -0.534. The highest BCUT2D eigenvalue weighted by molar-refractivity contribution is 8.00. The molecule has 2 N–H and O–H groups in total. The Hall–Kier alpha value is -1.78. The molecule has 1 amide bonds. The average Bonchev–Trinajstić information content (AvgIpc) is 2.54. The molecule has 21 heavy (non-hydrogen) atoms. The second-order valence-electron chi connectivity index (χ2n) is 4.67. The Labute approximate surface area is 129 Å². The average molecular weight is 301 g/mol. The van der Waals surface area contributed by atoms with Gasteiger partial charge in [0.1, 0.15) is 0 Å². The lowest BCUT2D eigenvalue weighted by atomic mass is 10.1. The van der Waals surface area contributed by atoms with E-state index < -0.39 is 6.10 Å². The summed E-state index contributed by atoms with van der Waals surface area (Å²) >= 11 is 1.51. The number of carbonyl (C=O) groups excluding carboxylic acids is 1. The normalized spacial score (nSPS) is 11.9. The van der Waals surface area contributed by atoms with Gasteiger partial charge >= 0.3 is 0 Å². The molecule has 0 spiro atoms. The number of benzene rings is 2. The van der Waals surface area contributed by atoms with E-state index in [9.17, 15) is 9.90 Å². The first-order valence-corrected chi connectivity index (χ1v) is 7.92. The van der Waals surface area contributed by atoms with Gasteiger partial charge in [0.05, 0.1) is 11.9 Å². The first-order valence-electron chi connectivity index (χ1n) is 6.93. The first kappa shape index (κ1) is 15.6. The van der Waals surface area contributed by atoms with Crippen LogP contribution in [-0.4, -0.2) is 23.3 Å². The Bertz CT molecular complexity index is 545. The molecule has 2 rings (SSSR count). The molecule has 0 radical (unpaired) electrons. The zero-order valence-electron chi connectivity index (χ0n) is 11.7. The number of amides is 1. The monoisotopic (exact) mass is 301 g/mol. The van der Waals surface area contributed by atoms with Gasteiger partial charge in [-0.05, 0) is 24.1 Å². The molecule has 0 heterocycles. The van der Waals surface area contributed by atoms with Crippen LogP contribution < -0.4 is 5.32 Å². The van der Waals surface area contributed by atoms with Crippen LogP contribution in [0.3, 0.4) is 0 Å². The molecule has 2 aromatic rings. The fourth-order valence-corrected chi connectivity index (χ4v) is 2.66. The number of hydrogen-bond acceptors (Lipinski definition) is 3. The molecule has 1 unspecified atom stereocenters. The Morgan fingerprint density at radius 2 is 1.67 bits per heavy atom. The SMILES string of the molecule is O=C(CSc1ccccc1)NCCC(O)c1ccccc1. The number of rotatable bonds is 7. The van der Waals surface area contributed by atoms with Crippen LogP contribution >= 0.6 is 11.8 Å². The standard InChI is InChI=1S/C17H19NO2S/c19-16(14-7-3-1-4-8-14)11-12-18-17(20)13-21-15-9-5-2-6-10-15/h1-10,16,19H,11-13H2,(H,18,20). The second-order valence-corrected chi connectivity index (χ2v) is 5.72. The number of nitrogens with one attached hydrogen (secondary N) is 1. The van der Waals surface area contributed by atoms with Gasteiger partial charge in [0.15, 0.2) is 0 Å². The summed E-state index contributed by atoms with van der Waals surface area (Å²) in [5.41, 5.74) is 0.880. The van der Waals surface area contributed by atoms with Gasteiger partial charge in [-0.25, -0.2) is 0 Å². The molecule has 0 aliphatic rings. The van der Waals surface area contributed by atoms with Crippen molar-refractivity contribution in [1.29, 1.82) is 0 Å². The third-order valence-electron chi connectivity index (χ3n) is 3.04. The highest BCUT2D eigenvalue weighted by atomic mass is 32.2. The number of aliphatic hydroxyl groups is 1. The van der Waals surface area contributed by atoms with Gasteiger partial charge in [-0.1, -0.05) is 48.5 Å². The van der Waals surface area contributed by atoms with Crippen molar-refractivity contribution in [3.05, 3.63) is 66.2 Å². The Balaban J connectivity index is 1.65. The molecular weight excluding hydrogens is 282 g/mol. The summed E-state index contributed by atoms with van der Waals surface area (Å²) < 4.78 is 0. The summed E-state index contributed by atoms with van der Waals surface area (Å²) in [4.78, 5) is 12.8. The topological polar surface area (TPSA) is 49.3 Å². The summed E-state index contributed by atoms with van der Waals surface area (Å²) in [6.45, 7) is 0.476. The van der Waals surface area contributed by atoms with Crippen molar-refractivity contribution in [3.8, 4) is 0 Å². The predicted octanol–water partition coefficient (Wildman–Crippen LogP) is 3.02. The Morgan fingerprint density at radius 3 is 2.33 bits per heavy atom. The fourth-order valence-electron chi connectivity index (χ4n) is 1.91. The van der Waals surface area contributed by atoms with E-state index >= 15 is 0 Å². The van der Waals surface area contributed by atoms with Crippen molar-refractivity contribution in [1.82, 2.24) is 5.32 Å². The third kappa shape index (κ3) is 5.61. The quantitative estimate of drug-likeness (QED) is 0.773. The van der Waals surface area contributed by atoms with Gasteiger partial charge in [0.2, 0.25) is 5.91 Å². The summed E-state index contributed by atoms with van der Waals surface area (Å²) in [7, 11) is 0. The second kappa shape index (κ2) is 8.49. The predicted molar refractivity (Wildman–Crippen MR) is 86.2 cm³/mol. The van der Waals surface area contributed by atoms with Crippen molar-refractivity contribution < 1.29 is 9.90 Å². The fraction of sp³-hybridized carbons (Fsp3) is 0.235. The van der Waals surface area contributed by atoms with Crippen LogP contribution in [0.5, 0.6) is 0 Å². The van der Waals surface area contributed by atoms with Crippen molar-refractivity contribution in [3.63, 3.8) is 0 Å². The van der Waals surface area contributed by atoms with Gasteiger partial charge in [-0.15, -0.1) is 11.8 Å². The Morgan fingerprint density at radius 1 is 1.05 bits per heavy atom. The molecule has 0 fully saturated rings. The lowest BCUT2D eigenvalue weighted by molar-refractivity contribution is -0.118. The number of hydrogen-bond donors (Lipinski definition) is 2. The van der Waals surface area contributed by atoms with Crippen LogP contribution in [0, 0.1) is 0 Å². The molecule has 1 atom stereocenters. The highest BCUT2D eigenvalue weighted by Crippen LogP contribution is 2.17. The maximum Gasteiger partial charge on any atom is 0.230 e. The van der Waals surface area contributed by atoms with Crippen molar-refractivity contribution in [2.75, 3.05) is 12.3 Å². The van der Waals surface area contributed by atoms with E-state index in [1.54, 1.807) is 0 Å². The molecule has 0 saturated carbocycles. The lowest BCUT2D eigenvalue weighted by Gasteiger charge is -2.11. The smallest absolute Gasteiger partial charge is 0.230 e. The molecule has 0 aromatic heterocycles. The van der Waals surface area contributed by atoms with E-state index in [0.29, 0.717) is 18.7 Å². The van der Waals surface area contributed by atoms with E-state index in [2.05, 4.69) is 5.32 Å². The zero-order valence-corrected chi connectivity index (χ0v) is 12.6. The third-order valence-corrected chi connectivity index (χ3v) is 4.05. The van der Waals surface area contributed by atoms with Crippen LogP contribution in [0.2, 0.25) is 0 Å². The minimum Gasteiger partial charge on any atom is -0.388 e. The summed E-state index contributed by atoms with van der Waals surface area (Å²) in [5.74, 6) is 0.384. The van der Waals surface area contributed by atoms with E-state index in [1.807, 2.05) is 60.7 Å². The highest BCUT2D eigenvalue weighted by Gasteiger charge is 2.08. The number of thioether (sulfide) groups is 1. The van der Waals surface area contributed by atoms with Gasteiger partial charge in [0.25, 0.3) is 0 Å². The first-order chi connectivity index (χ1) is 10.3. The van der Waals surface area contributed by atoms with E-state index in [1.165, 1.54) is 11.8 Å². The summed E-state index contributed by atoms with van der Waals surface area (Å²) in [5, 5.41) is 12.8. The van der Waals surface area contributed by atoms with Gasteiger partial charge in [-0.3, -0.25) is 4.79 Å².